The maximum Gasteiger partial charge on any atom is 0.335 e. The number of nitrogens with zero attached hydrogens (tertiary/aromatic N) is 1. The third kappa shape index (κ3) is 4.29. The summed E-state index contributed by atoms with van der Waals surface area (Å²) >= 11 is 0. The fourth-order valence-corrected chi connectivity index (χ4v) is 1.64. The van der Waals surface area contributed by atoms with Gasteiger partial charge in [-0.2, -0.15) is 0 Å². The van der Waals surface area contributed by atoms with Crippen LogP contribution in [0.3, 0.4) is 0 Å². The van der Waals surface area contributed by atoms with Gasteiger partial charge in [-0.15, -0.1) is 6.58 Å². The fourth-order valence-electron chi connectivity index (χ4n) is 1.64. The van der Waals surface area contributed by atoms with Gasteiger partial charge in [0.1, 0.15) is 0 Å². The van der Waals surface area contributed by atoms with Crippen LogP contribution in [0.1, 0.15) is 12.8 Å². The van der Waals surface area contributed by atoms with Crippen molar-refractivity contribution < 1.29 is 18.7 Å². The molecule has 21 heavy (non-hydrogen) atoms. The highest BCUT2D eigenvalue weighted by atomic mass is 16.6. The molecule has 1 heterocycles. The Morgan fingerprint density at radius 2 is 2.19 bits per heavy atom. The number of carbonyl (C=O) groups is 1. The van der Waals surface area contributed by atoms with Crippen LogP contribution < -0.4 is 0 Å². The van der Waals surface area contributed by atoms with Crippen LogP contribution in [-0.4, -0.2) is 23.7 Å². The van der Waals surface area contributed by atoms with E-state index in [1.54, 1.807) is 19.2 Å². The number of benzene rings is 1. The highest BCUT2D eigenvalue weighted by molar-refractivity contribution is 5.74. The van der Waals surface area contributed by atoms with E-state index in [1.165, 1.54) is 0 Å². The molecule has 5 heteroatoms. The normalized spacial score (nSPS) is 11.9. The van der Waals surface area contributed by atoms with Gasteiger partial charge in [0.15, 0.2) is 18.5 Å². The predicted octanol–water partition coefficient (Wildman–Crippen LogP) is 2.98. The molecule has 0 aliphatic heterocycles. The van der Waals surface area contributed by atoms with Crippen molar-refractivity contribution in [3.63, 3.8) is 0 Å². The van der Waals surface area contributed by atoms with Crippen LogP contribution in [0.2, 0.25) is 0 Å². The van der Waals surface area contributed by atoms with Gasteiger partial charge in [-0.05, 0) is 6.92 Å². The van der Waals surface area contributed by atoms with Crippen LogP contribution in [-0.2, 0) is 20.9 Å². The fraction of sp³-hybridized carbons (Fsp3) is 0.250. The van der Waals surface area contributed by atoms with Crippen molar-refractivity contribution in [1.82, 2.24) is 4.98 Å². The highest BCUT2D eigenvalue weighted by Crippen LogP contribution is 2.20. The van der Waals surface area contributed by atoms with Crippen molar-refractivity contribution in [2.45, 2.75) is 19.6 Å². The summed E-state index contributed by atoms with van der Waals surface area (Å²) in [6.07, 6.45) is 2.53. The monoisotopic (exact) mass is 287 g/mol. The summed E-state index contributed by atoms with van der Waals surface area (Å²) < 4.78 is 15.8. The molecule has 5 nitrogen and oxygen atoms in total. The molecule has 0 saturated heterocycles. The van der Waals surface area contributed by atoms with E-state index < -0.39 is 12.1 Å². The van der Waals surface area contributed by atoms with Gasteiger partial charge in [0.05, 0.1) is 12.8 Å². The molecule has 2 aromatic rings. The van der Waals surface area contributed by atoms with Gasteiger partial charge in [-0.25, -0.2) is 9.78 Å². The molecule has 1 unspecified atom stereocenters. The summed E-state index contributed by atoms with van der Waals surface area (Å²) in [7, 11) is 0. The Bertz CT molecular complexity index is 591. The van der Waals surface area contributed by atoms with Gasteiger partial charge >= 0.3 is 5.97 Å². The van der Waals surface area contributed by atoms with Crippen molar-refractivity contribution in [3.8, 4) is 11.3 Å². The van der Waals surface area contributed by atoms with E-state index in [-0.39, 0.29) is 6.61 Å². The van der Waals surface area contributed by atoms with Gasteiger partial charge in [-0.1, -0.05) is 36.4 Å². The van der Waals surface area contributed by atoms with E-state index in [2.05, 4.69) is 11.6 Å². The molecule has 0 saturated carbocycles. The highest BCUT2D eigenvalue weighted by Gasteiger charge is 2.16. The first-order chi connectivity index (χ1) is 10.2. The number of esters is 1. The second-order valence-corrected chi connectivity index (χ2v) is 4.36. The van der Waals surface area contributed by atoms with Gasteiger partial charge in [0, 0.05) is 5.56 Å². The number of aromatic nitrogens is 1. The summed E-state index contributed by atoms with van der Waals surface area (Å²) in [6, 6.07) is 9.59. The minimum Gasteiger partial charge on any atom is -0.454 e. The second-order valence-electron chi connectivity index (χ2n) is 4.36. The molecule has 1 aromatic carbocycles. The van der Waals surface area contributed by atoms with Gasteiger partial charge in [0.2, 0.25) is 5.89 Å². The van der Waals surface area contributed by atoms with Crippen molar-refractivity contribution >= 4 is 5.97 Å². The molecule has 110 valence electrons. The second kappa shape index (κ2) is 7.40. The van der Waals surface area contributed by atoms with Crippen molar-refractivity contribution in [3.05, 3.63) is 55.1 Å². The third-order valence-corrected chi connectivity index (χ3v) is 2.75. The van der Waals surface area contributed by atoms with E-state index in [9.17, 15) is 4.79 Å². The Hall–Kier alpha value is -2.40. The number of ether oxygens (including phenoxy) is 2. The first-order valence-electron chi connectivity index (χ1n) is 6.60. The van der Waals surface area contributed by atoms with Crippen molar-refractivity contribution in [1.29, 1.82) is 0 Å². The van der Waals surface area contributed by atoms with Crippen molar-refractivity contribution in [2.24, 2.45) is 0 Å². The van der Waals surface area contributed by atoms with Gasteiger partial charge < -0.3 is 13.9 Å². The molecule has 0 amide bonds. The number of carbonyl (C=O) groups excluding carboxylic acids is 1. The molecule has 0 spiro atoms. The molecule has 0 aliphatic rings. The lowest BCUT2D eigenvalue weighted by atomic mass is 10.2. The molecular weight excluding hydrogens is 270 g/mol. The van der Waals surface area contributed by atoms with Crippen LogP contribution >= 0.6 is 0 Å². The van der Waals surface area contributed by atoms with Crippen LogP contribution in [0.5, 0.6) is 0 Å². The molecule has 2 rings (SSSR count). The molecule has 0 aliphatic carbocycles. The summed E-state index contributed by atoms with van der Waals surface area (Å²) in [5, 5.41) is 0. The smallest absolute Gasteiger partial charge is 0.335 e. The summed E-state index contributed by atoms with van der Waals surface area (Å²) in [6.45, 7) is 5.42. The lowest BCUT2D eigenvalue weighted by Gasteiger charge is -2.09. The zero-order valence-electron chi connectivity index (χ0n) is 11.8. The molecule has 1 aromatic heterocycles. The molecule has 0 N–H and O–H groups in total. The minimum absolute atomic E-state index is 0.0204. The van der Waals surface area contributed by atoms with E-state index >= 15 is 0 Å². The Morgan fingerprint density at radius 3 is 2.90 bits per heavy atom. The van der Waals surface area contributed by atoms with E-state index in [1.807, 2.05) is 30.3 Å². The Labute approximate surface area is 123 Å². The van der Waals surface area contributed by atoms with Crippen LogP contribution in [0, 0.1) is 0 Å². The first kappa shape index (κ1) is 15.0. The molecule has 0 fully saturated rings. The van der Waals surface area contributed by atoms with Crippen molar-refractivity contribution in [2.75, 3.05) is 6.61 Å². The summed E-state index contributed by atoms with van der Waals surface area (Å²) in [5.41, 5.74) is 0.922. The number of hydrogen-bond acceptors (Lipinski definition) is 5. The average molecular weight is 287 g/mol. The van der Waals surface area contributed by atoms with E-state index in [4.69, 9.17) is 13.9 Å². The third-order valence-electron chi connectivity index (χ3n) is 2.75. The van der Waals surface area contributed by atoms with Crippen LogP contribution in [0.15, 0.2) is 53.6 Å². The Morgan fingerprint density at radius 1 is 1.43 bits per heavy atom. The lowest BCUT2D eigenvalue weighted by molar-refractivity contribution is -0.157. The maximum atomic E-state index is 11.6. The standard InChI is InChI=1S/C16H17NO4/c1-3-9-19-12(2)16(18)20-11-15-17-10-14(21-15)13-7-5-4-6-8-13/h3-8,10,12H,1,9,11H2,2H3. The summed E-state index contributed by atoms with van der Waals surface area (Å²) in [4.78, 5) is 15.7. The minimum atomic E-state index is -0.647. The molecule has 0 radical (unpaired) electrons. The Kier molecular flexibility index (Phi) is 5.29. The largest absolute Gasteiger partial charge is 0.454 e. The van der Waals surface area contributed by atoms with E-state index in [0.29, 0.717) is 18.3 Å². The number of rotatable bonds is 7. The quantitative estimate of drug-likeness (QED) is 0.578. The van der Waals surface area contributed by atoms with Gasteiger partial charge in [-0.3, -0.25) is 0 Å². The summed E-state index contributed by atoms with van der Waals surface area (Å²) in [5.74, 6) is 0.520. The molecule has 0 bridgehead atoms. The van der Waals surface area contributed by atoms with Crippen LogP contribution in [0.25, 0.3) is 11.3 Å². The number of hydrogen-bond donors (Lipinski definition) is 0. The van der Waals surface area contributed by atoms with Gasteiger partial charge in [0.25, 0.3) is 0 Å². The first-order valence-corrected chi connectivity index (χ1v) is 6.60. The molecular formula is C16H17NO4. The topological polar surface area (TPSA) is 61.6 Å². The van der Waals surface area contributed by atoms with Crippen LogP contribution in [0.4, 0.5) is 0 Å². The Balaban J connectivity index is 1.88. The molecule has 1 atom stereocenters. The zero-order chi connectivity index (χ0) is 15.1. The number of oxazole rings is 1. The van der Waals surface area contributed by atoms with E-state index in [0.717, 1.165) is 5.56 Å². The predicted molar refractivity (Wildman–Crippen MR) is 77.3 cm³/mol. The lowest BCUT2D eigenvalue weighted by Crippen LogP contribution is -2.23. The maximum absolute atomic E-state index is 11.6. The average Bonchev–Trinajstić information content (AvgIpc) is 3.00. The SMILES string of the molecule is C=CCOC(C)C(=O)OCc1ncc(-c2ccccc2)o1. The zero-order valence-corrected chi connectivity index (χ0v) is 11.8.